The molecule has 0 aliphatic heterocycles. The summed E-state index contributed by atoms with van der Waals surface area (Å²) >= 11 is 3.38. The molecule has 0 aliphatic rings. The van der Waals surface area contributed by atoms with Crippen LogP contribution in [0.2, 0.25) is 0 Å². The first kappa shape index (κ1) is 13.8. The van der Waals surface area contributed by atoms with Crippen molar-refractivity contribution in [3.63, 3.8) is 0 Å². The van der Waals surface area contributed by atoms with E-state index in [-0.39, 0.29) is 0 Å². The fraction of sp³-hybridized carbons (Fsp3) is 0. The predicted octanol–water partition coefficient (Wildman–Crippen LogP) is 5.64. The summed E-state index contributed by atoms with van der Waals surface area (Å²) in [5, 5.41) is 1.98. The lowest BCUT2D eigenvalue weighted by Crippen LogP contribution is -1.82. The summed E-state index contributed by atoms with van der Waals surface area (Å²) in [6.45, 7) is 0. The molecule has 3 nitrogen and oxygen atoms in total. The smallest absolute Gasteiger partial charge is 0.126 e. The molecule has 0 spiro atoms. The van der Waals surface area contributed by atoms with Crippen LogP contribution in [0.5, 0.6) is 0 Å². The van der Waals surface area contributed by atoms with Gasteiger partial charge in [-0.2, -0.15) is 0 Å². The highest BCUT2D eigenvalue weighted by Crippen LogP contribution is 2.34. The van der Waals surface area contributed by atoms with Gasteiger partial charge < -0.3 is 0 Å². The van der Waals surface area contributed by atoms with Gasteiger partial charge in [-0.25, -0.2) is 9.97 Å². The number of pyridine rings is 1. The van der Waals surface area contributed by atoms with Gasteiger partial charge in [-0.05, 0) is 30.3 Å². The first-order chi connectivity index (χ1) is 11.9. The number of para-hydroxylation sites is 2. The van der Waals surface area contributed by atoms with Crippen molar-refractivity contribution in [2.24, 2.45) is 0 Å². The van der Waals surface area contributed by atoms with Gasteiger partial charge in [0.05, 0.1) is 20.4 Å². The van der Waals surface area contributed by atoms with Crippen molar-refractivity contribution < 1.29 is 0 Å². The molecule has 3 aromatic heterocycles. The molecule has 0 saturated heterocycles. The highest BCUT2D eigenvalue weighted by Gasteiger charge is 2.10. The predicted molar refractivity (Wildman–Crippen MR) is 101 cm³/mol. The number of hydrogen-bond donors (Lipinski definition) is 0. The fourth-order valence-corrected chi connectivity index (χ4v) is 4.56. The molecule has 5 rings (SSSR count). The second-order valence-electron chi connectivity index (χ2n) is 5.44. The van der Waals surface area contributed by atoms with Crippen molar-refractivity contribution in [1.82, 2.24) is 15.0 Å². The van der Waals surface area contributed by atoms with Crippen molar-refractivity contribution in [3.8, 4) is 21.1 Å². The summed E-state index contributed by atoms with van der Waals surface area (Å²) in [5.74, 6) is 0. The van der Waals surface area contributed by atoms with E-state index >= 15 is 0 Å². The lowest BCUT2D eigenvalue weighted by molar-refractivity contribution is 1.31. The average molecular weight is 345 g/mol. The van der Waals surface area contributed by atoms with Crippen LogP contribution in [-0.2, 0) is 0 Å². The molecule has 24 heavy (non-hydrogen) atoms. The summed E-state index contributed by atoms with van der Waals surface area (Å²) in [4.78, 5) is 13.9. The van der Waals surface area contributed by atoms with Crippen LogP contribution >= 0.6 is 22.7 Å². The van der Waals surface area contributed by atoms with Crippen LogP contribution in [0.4, 0.5) is 0 Å². The number of rotatable bonds is 2. The van der Waals surface area contributed by atoms with E-state index in [1.165, 1.54) is 9.40 Å². The number of nitrogens with zero attached hydrogens (tertiary/aromatic N) is 3. The van der Waals surface area contributed by atoms with Crippen LogP contribution in [-0.4, -0.2) is 15.0 Å². The minimum absolute atomic E-state index is 0.992. The summed E-state index contributed by atoms with van der Waals surface area (Å²) in [7, 11) is 0. The topological polar surface area (TPSA) is 38.7 Å². The zero-order valence-corrected chi connectivity index (χ0v) is 14.1. The normalized spacial score (nSPS) is 11.3. The van der Waals surface area contributed by atoms with E-state index in [9.17, 15) is 0 Å². The molecule has 5 heteroatoms. The molecule has 0 atom stereocenters. The van der Waals surface area contributed by atoms with Gasteiger partial charge in [0.2, 0.25) is 0 Å². The summed E-state index contributed by atoms with van der Waals surface area (Å²) in [6.07, 6.45) is 3.74. The second-order valence-corrected chi connectivity index (χ2v) is 7.50. The molecule has 0 amide bonds. The van der Waals surface area contributed by atoms with Crippen LogP contribution in [0.3, 0.4) is 0 Å². The molecule has 2 aromatic carbocycles. The fourth-order valence-electron chi connectivity index (χ4n) is 2.67. The van der Waals surface area contributed by atoms with Gasteiger partial charge in [0, 0.05) is 23.5 Å². The average Bonchev–Trinajstić information content (AvgIpc) is 3.26. The lowest BCUT2D eigenvalue weighted by atomic mass is 10.2. The van der Waals surface area contributed by atoms with Crippen molar-refractivity contribution in [1.29, 1.82) is 0 Å². The minimum Gasteiger partial charge on any atom is -0.263 e. The molecule has 114 valence electrons. The Bertz CT molecular complexity index is 1020. The van der Waals surface area contributed by atoms with Gasteiger partial charge >= 0.3 is 0 Å². The summed E-state index contributed by atoms with van der Waals surface area (Å²) in [5.41, 5.74) is 4.13. The zero-order chi connectivity index (χ0) is 15.9. The number of aromatic nitrogens is 3. The van der Waals surface area contributed by atoms with Crippen LogP contribution < -0.4 is 0 Å². The third-order valence-corrected chi connectivity index (χ3v) is 5.99. The molecular weight excluding hydrogens is 334 g/mol. The van der Waals surface area contributed by atoms with Gasteiger partial charge in [0.15, 0.2) is 0 Å². The number of thiazole rings is 2. The van der Waals surface area contributed by atoms with E-state index in [1.807, 2.05) is 48.8 Å². The van der Waals surface area contributed by atoms with E-state index in [0.717, 1.165) is 32.2 Å². The van der Waals surface area contributed by atoms with Crippen molar-refractivity contribution in [3.05, 3.63) is 67.0 Å². The Labute approximate surface area is 146 Å². The van der Waals surface area contributed by atoms with Gasteiger partial charge in [-0.3, -0.25) is 4.98 Å². The van der Waals surface area contributed by atoms with Crippen molar-refractivity contribution >= 4 is 43.1 Å². The highest BCUT2D eigenvalue weighted by molar-refractivity contribution is 7.22. The molecule has 0 aliphatic carbocycles. The largest absolute Gasteiger partial charge is 0.263 e. The maximum Gasteiger partial charge on any atom is 0.126 e. The Morgan fingerprint density at radius 3 is 1.62 bits per heavy atom. The standard InChI is InChI=1S/C19H11N3S2/c1-3-7-16-14(5-1)21-18(23-16)12-9-13(11-20-10-12)19-22-15-6-2-4-8-17(15)24-19/h1-11H. The molecular formula is C19H11N3S2. The van der Waals surface area contributed by atoms with Crippen LogP contribution in [0.1, 0.15) is 0 Å². The van der Waals surface area contributed by atoms with Crippen molar-refractivity contribution in [2.75, 3.05) is 0 Å². The molecule has 0 bridgehead atoms. The quantitative estimate of drug-likeness (QED) is 0.416. The van der Waals surface area contributed by atoms with E-state index in [1.54, 1.807) is 22.7 Å². The molecule has 0 N–H and O–H groups in total. The summed E-state index contributed by atoms with van der Waals surface area (Å²) in [6, 6.07) is 18.5. The maximum absolute atomic E-state index is 4.72. The van der Waals surface area contributed by atoms with Gasteiger partial charge in [0.25, 0.3) is 0 Å². The number of benzene rings is 2. The Morgan fingerprint density at radius 1 is 0.625 bits per heavy atom. The second kappa shape index (κ2) is 5.47. The third kappa shape index (κ3) is 2.29. The molecule has 0 saturated carbocycles. The first-order valence-corrected chi connectivity index (χ1v) is 9.17. The van der Waals surface area contributed by atoms with E-state index < -0.39 is 0 Å². The lowest BCUT2D eigenvalue weighted by Gasteiger charge is -1.99. The zero-order valence-electron chi connectivity index (χ0n) is 12.5. The molecule has 3 heterocycles. The van der Waals surface area contributed by atoms with Gasteiger partial charge in [-0.15, -0.1) is 22.7 Å². The van der Waals surface area contributed by atoms with E-state index in [0.29, 0.717) is 0 Å². The van der Waals surface area contributed by atoms with E-state index in [2.05, 4.69) is 23.2 Å². The van der Waals surface area contributed by atoms with Crippen LogP contribution in [0, 0.1) is 0 Å². The Hall–Kier alpha value is -2.63. The maximum atomic E-state index is 4.72. The van der Waals surface area contributed by atoms with Crippen LogP contribution in [0.15, 0.2) is 67.0 Å². The number of fused-ring (bicyclic) bond motifs is 2. The SMILES string of the molecule is c1ccc2sc(-c3cncc(-c4nc5ccccc5s4)c3)nc2c1. The van der Waals surface area contributed by atoms with Gasteiger partial charge in [0.1, 0.15) is 10.0 Å². The minimum atomic E-state index is 0.992. The molecule has 5 aromatic rings. The Balaban J connectivity index is 1.62. The van der Waals surface area contributed by atoms with Crippen LogP contribution in [0.25, 0.3) is 41.6 Å². The summed E-state index contributed by atoms with van der Waals surface area (Å²) < 4.78 is 2.38. The molecule has 0 fully saturated rings. The third-order valence-electron chi connectivity index (χ3n) is 3.82. The highest BCUT2D eigenvalue weighted by atomic mass is 32.1. The Kier molecular flexibility index (Phi) is 3.14. The number of hydrogen-bond acceptors (Lipinski definition) is 5. The van der Waals surface area contributed by atoms with Gasteiger partial charge in [-0.1, -0.05) is 24.3 Å². The van der Waals surface area contributed by atoms with Crippen molar-refractivity contribution in [2.45, 2.75) is 0 Å². The molecule has 0 unspecified atom stereocenters. The molecule has 0 radical (unpaired) electrons. The first-order valence-electron chi connectivity index (χ1n) is 7.54. The monoisotopic (exact) mass is 345 g/mol. The Morgan fingerprint density at radius 2 is 1.12 bits per heavy atom. The van der Waals surface area contributed by atoms with E-state index in [4.69, 9.17) is 9.97 Å².